The van der Waals surface area contributed by atoms with E-state index in [2.05, 4.69) is 33.0 Å². The largest absolute Gasteiger partial charge is 0.468 e. The van der Waals surface area contributed by atoms with Crippen molar-refractivity contribution < 1.29 is 9.53 Å². The third-order valence-corrected chi connectivity index (χ3v) is 2.40. The molecule has 0 aliphatic rings. The summed E-state index contributed by atoms with van der Waals surface area (Å²) in [6, 6.07) is 0.217. The van der Waals surface area contributed by atoms with Crippen LogP contribution in [0.5, 0.6) is 0 Å². The maximum Gasteiger partial charge on any atom is 0.322 e. The minimum Gasteiger partial charge on any atom is -0.468 e. The van der Waals surface area contributed by atoms with Gasteiger partial charge < -0.3 is 10.1 Å². The highest BCUT2D eigenvalue weighted by Gasteiger charge is 2.21. The second-order valence-electron chi connectivity index (χ2n) is 4.56. The van der Waals surface area contributed by atoms with Gasteiger partial charge in [-0.05, 0) is 25.7 Å². The first-order valence-electron chi connectivity index (χ1n) is 5.85. The molecule has 0 saturated carbocycles. The van der Waals surface area contributed by atoms with Gasteiger partial charge in [-0.3, -0.25) is 4.79 Å². The lowest BCUT2D eigenvalue weighted by Gasteiger charge is -2.22. The monoisotopic (exact) mass is 215 g/mol. The summed E-state index contributed by atoms with van der Waals surface area (Å²) in [7, 11) is 1.45. The van der Waals surface area contributed by atoms with Crippen LogP contribution in [0.4, 0.5) is 0 Å². The quantitative estimate of drug-likeness (QED) is 0.662. The maximum atomic E-state index is 11.5. The van der Waals surface area contributed by atoms with E-state index in [-0.39, 0.29) is 12.0 Å². The van der Waals surface area contributed by atoms with Gasteiger partial charge >= 0.3 is 5.97 Å². The molecule has 90 valence electrons. The summed E-state index contributed by atoms with van der Waals surface area (Å²) < 4.78 is 4.79. The van der Waals surface area contributed by atoms with Crippen molar-refractivity contribution in [3.8, 4) is 0 Å². The predicted octanol–water partition coefficient (Wildman–Crippen LogP) is 2.35. The van der Waals surface area contributed by atoms with E-state index < -0.39 is 0 Å². The van der Waals surface area contributed by atoms with Crippen LogP contribution < -0.4 is 5.32 Å². The first-order chi connectivity index (χ1) is 7.01. The number of nitrogens with one attached hydrogen (secondary N) is 1. The molecule has 0 radical (unpaired) electrons. The van der Waals surface area contributed by atoms with Crippen LogP contribution in [0.25, 0.3) is 0 Å². The van der Waals surface area contributed by atoms with Gasteiger partial charge in [-0.15, -0.1) is 0 Å². The van der Waals surface area contributed by atoms with Crippen molar-refractivity contribution in [2.45, 2.75) is 59.0 Å². The second-order valence-corrected chi connectivity index (χ2v) is 4.56. The third-order valence-electron chi connectivity index (χ3n) is 2.40. The van der Waals surface area contributed by atoms with Gasteiger partial charge in [-0.25, -0.2) is 0 Å². The Morgan fingerprint density at radius 3 is 2.33 bits per heavy atom. The van der Waals surface area contributed by atoms with E-state index >= 15 is 0 Å². The van der Waals surface area contributed by atoms with Crippen LogP contribution in [0, 0.1) is 5.92 Å². The molecule has 3 heteroatoms. The molecule has 0 heterocycles. The van der Waals surface area contributed by atoms with Gasteiger partial charge in [0.25, 0.3) is 0 Å². The molecule has 0 rings (SSSR count). The molecule has 0 aliphatic carbocycles. The number of hydrogen-bond donors (Lipinski definition) is 1. The molecular formula is C12H25NO2. The molecule has 0 amide bonds. The molecule has 3 nitrogen and oxygen atoms in total. The van der Waals surface area contributed by atoms with Gasteiger partial charge in [0.1, 0.15) is 6.04 Å². The Kier molecular flexibility index (Phi) is 7.39. The summed E-state index contributed by atoms with van der Waals surface area (Å²) >= 11 is 0. The average Bonchev–Trinajstić information content (AvgIpc) is 2.15. The van der Waals surface area contributed by atoms with Crippen molar-refractivity contribution in [1.82, 2.24) is 5.32 Å². The molecule has 0 aliphatic heterocycles. The number of ether oxygens (including phenoxy) is 1. The van der Waals surface area contributed by atoms with Crippen LogP contribution in [0.2, 0.25) is 0 Å². The Labute approximate surface area is 93.6 Å². The van der Waals surface area contributed by atoms with E-state index in [0.29, 0.717) is 12.0 Å². The van der Waals surface area contributed by atoms with Crippen LogP contribution in [0.15, 0.2) is 0 Å². The SMILES string of the molecule is CCCC(C)NC(CC(C)C)C(=O)OC. The fourth-order valence-corrected chi connectivity index (χ4v) is 1.71. The van der Waals surface area contributed by atoms with Crippen molar-refractivity contribution >= 4 is 5.97 Å². The first-order valence-corrected chi connectivity index (χ1v) is 5.85. The zero-order valence-electron chi connectivity index (χ0n) is 10.7. The molecule has 0 aromatic heterocycles. The van der Waals surface area contributed by atoms with E-state index in [0.717, 1.165) is 19.3 Å². The Balaban J connectivity index is 4.17. The molecule has 15 heavy (non-hydrogen) atoms. The molecule has 0 fully saturated rings. The van der Waals surface area contributed by atoms with E-state index in [1.165, 1.54) is 7.11 Å². The fraction of sp³-hybridized carbons (Fsp3) is 0.917. The minimum absolute atomic E-state index is 0.147. The highest BCUT2D eigenvalue weighted by molar-refractivity contribution is 5.75. The van der Waals surface area contributed by atoms with Crippen molar-refractivity contribution in [3.63, 3.8) is 0 Å². The lowest BCUT2D eigenvalue weighted by Crippen LogP contribution is -2.43. The summed E-state index contributed by atoms with van der Waals surface area (Å²) in [5.41, 5.74) is 0. The highest BCUT2D eigenvalue weighted by atomic mass is 16.5. The predicted molar refractivity (Wildman–Crippen MR) is 62.8 cm³/mol. The molecule has 0 saturated heterocycles. The summed E-state index contributed by atoms with van der Waals surface area (Å²) in [5, 5.41) is 3.33. The zero-order chi connectivity index (χ0) is 11.8. The Morgan fingerprint density at radius 2 is 1.93 bits per heavy atom. The smallest absolute Gasteiger partial charge is 0.322 e. The Bertz CT molecular complexity index is 180. The van der Waals surface area contributed by atoms with E-state index in [9.17, 15) is 4.79 Å². The Hall–Kier alpha value is -0.570. The Morgan fingerprint density at radius 1 is 1.33 bits per heavy atom. The van der Waals surface area contributed by atoms with Gasteiger partial charge in [0, 0.05) is 6.04 Å². The molecule has 0 bridgehead atoms. The summed E-state index contributed by atoms with van der Waals surface area (Å²) in [5.74, 6) is 0.349. The standard InChI is InChI=1S/C12H25NO2/c1-6-7-10(4)13-11(8-9(2)3)12(14)15-5/h9-11,13H,6-8H2,1-5H3. The van der Waals surface area contributed by atoms with Crippen LogP contribution >= 0.6 is 0 Å². The van der Waals surface area contributed by atoms with Gasteiger partial charge in [0.2, 0.25) is 0 Å². The van der Waals surface area contributed by atoms with Crippen molar-refractivity contribution in [1.29, 1.82) is 0 Å². The van der Waals surface area contributed by atoms with E-state index in [1.807, 2.05) is 0 Å². The molecule has 2 atom stereocenters. The molecule has 0 aromatic carbocycles. The van der Waals surface area contributed by atoms with Crippen LogP contribution in [-0.2, 0) is 9.53 Å². The maximum absolute atomic E-state index is 11.5. The normalized spacial score (nSPS) is 15.1. The number of carbonyl (C=O) groups excluding carboxylic acids is 1. The van der Waals surface area contributed by atoms with E-state index in [1.54, 1.807) is 0 Å². The molecule has 1 N–H and O–H groups in total. The second kappa shape index (κ2) is 7.69. The molecule has 0 aromatic rings. The van der Waals surface area contributed by atoms with Gasteiger partial charge in [-0.2, -0.15) is 0 Å². The van der Waals surface area contributed by atoms with Gasteiger partial charge in [0.15, 0.2) is 0 Å². The summed E-state index contributed by atoms with van der Waals surface area (Å²) in [4.78, 5) is 11.5. The number of carbonyl (C=O) groups is 1. The van der Waals surface area contributed by atoms with E-state index in [4.69, 9.17) is 4.74 Å². The topological polar surface area (TPSA) is 38.3 Å². The van der Waals surface area contributed by atoms with Gasteiger partial charge in [0.05, 0.1) is 7.11 Å². The van der Waals surface area contributed by atoms with Crippen LogP contribution in [-0.4, -0.2) is 25.2 Å². The minimum atomic E-state index is -0.156. The van der Waals surface area contributed by atoms with Crippen molar-refractivity contribution in [2.24, 2.45) is 5.92 Å². The lowest BCUT2D eigenvalue weighted by atomic mass is 10.0. The van der Waals surface area contributed by atoms with Crippen molar-refractivity contribution in [2.75, 3.05) is 7.11 Å². The number of rotatable bonds is 7. The number of hydrogen-bond acceptors (Lipinski definition) is 3. The van der Waals surface area contributed by atoms with Crippen LogP contribution in [0.1, 0.15) is 47.0 Å². The van der Waals surface area contributed by atoms with Crippen molar-refractivity contribution in [3.05, 3.63) is 0 Å². The average molecular weight is 215 g/mol. The molecular weight excluding hydrogens is 190 g/mol. The first kappa shape index (κ1) is 14.4. The highest BCUT2D eigenvalue weighted by Crippen LogP contribution is 2.08. The number of methoxy groups -OCH3 is 1. The lowest BCUT2D eigenvalue weighted by molar-refractivity contribution is -0.143. The third kappa shape index (κ3) is 6.50. The number of esters is 1. The zero-order valence-corrected chi connectivity index (χ0v) is 10.7. The summed E-state index contributed by atoms with van der Waals surface area (Å²) in [6.45, 7) is 8.48. The summed E-state index contributed by atoms with van der Waals surface area (Å²) in [6.07, 6.45) is 3.05. The molecule has 2 unspecified atom stereocenters. The molecule has 0 spiro atoms. The fourth-order valence-electron chi connectivity index (χ4n) is 1.71. The van der Waals surface area contributed by atoms with Crippen LogP contribution in [0.3, 0.4) is 0 Å². The van der Waals surface area contributed by atoms with Gasteiger partial charge in [-0.1, -0.05) is 27.2 Å².